The van der Waals surface area contributed by atoms with Crippen LogP contribution in [0.15, 0.2) is 36.7 Å². The van der Waals surface area contributed by atoms with Crippen LogP contribution in [0.2, 0.25) is 0 Å². The lowest BCUT2D eigenvalue weighted by atomic mass is 10.2. The van der Waals surface area contributed by atoms with Crippen molar-refractivity contribution < 1.29 is 19.0 Å². The van der Waals surface area contributed by atoms with Crippen LogP contribution in [-0.2, 0) is 4.74 Å². The molecule has 1 amide bonds. The summed E-state index contributed by atoms with van der Waals surface area (Å²) in [5, 5.41) is 6.04. The van der Waals surface area contributed by atoms with Crippen molar-refractivity contribution in [2.75, 3.05) is 32.4 Å². The Kier molecular flexibility index (Phi) is 5.12. The van der Waals surface area contributed by atoms with Crippen molar-refractivity contribution in [1.82, 2.24) is 10.3 Å². The van der Waals surface area contributed by atoms with Gasteiger partial charge in [0.25, 0.3) is 5.91 Å². The summed E-state index contributed by atoms with van der Waals surface area (Å²) >= 11 is 0. The van der Waals surface area contributed by atoms with Gasteiger partial charge >= 0.3 is 0 Å². The molecule has 1 aliphatic rings. The Morgan fingerprint density at radius 3 is 2.96 bits per heavy atom. The summed E-state index contributed by atoms with van der Waals surface area (Å²) in [7, 11) is 1.64. The van der Waals surface area contributed by atoms with Gasteiger partial charge in [0.2, 0.25) is 6.79 Å². The van der Waals surface area contributed by atoms with Crippen molar-refractivity contribution in [2.24, 2.45) is 0 Å². The Hall–Kier alpha value is -2.80. The van der Waals surface area contributed by atoms with E-state index in [9.17, 15) is 4.79 Å². The summed E-state index contributed by atoms with van der Waals surface area (Å²) in [5.41, 5.74) is 2.05. The number of hydrogen-bond acceptors (Lipinski definition) is 6. The lowest BCUT2D eigenvalue weighted by Crippen LogP contribution is -2.25. The number of pyridine rings is 1. The van der Waals surface area contributed by atoms with Gasteiger partial charge in [-0.25, -0.2) is 0 Å². The van der Waals surface area contributed by atoms with E-state index in [0.29, 0.717) is 24.5 Å². The number of aromatic nitrogens is 1. The molecule has 0 radical (unpaired) electrons. The van der Waals surface area contributed by atoms with E-state index in [-0.39, 0.29) is 12.7 Å². The van der Waals surface area contributed by atoms with E-state index in [2.05, 4.69) is 15.6 Å². The highest BCUT2D eigenvalue weighted by Crippen LogP contribution is 2.35. The first-order chi connectivity index (χ1) is 11.8. The van der Waals surface area contributed by atoms with Crippen LogP contribution in [0.5, 0.6) is 11.5 Å². The first kappa shape index (κ1) is 16.1. The highest BCUT2D eigenvalue weighted by Gasteiger charge is 2.13. The zero-order chi connectivity index (χ0) is 16.8. The first-order valence-electron chi connectivity index (χ1n) is 7.65. The normalized spacial score (nSPS) is 12.0. The van der Waals surface area contributed by atoms with E-state index < -0.39 is 0 Å². The smallest absolute Gasteiger partial charge is 0.252 e. The standard InChI is InChI=1S/C17H19N3O4/c1-22-6-2-5-19-17(21)12-7-14(10-18-9-12)20-13-3-4-15-16(8-13)24-11-23-15/h3-4,7-10,20H,2,5-6,11H2,1H3,(H,19,21). The van der Waals surface area contributed by atoms with Crippen molar-refractivity contribution in [1.29, 1.82) is 0 Å². The predicted octanol–water partition coefficient (Wildman–Crippen LogP) is 2.32. The van der Waals surface area contributed by atoms with Gasteiger partial charge in [-0.15, -0.1) is 0 Å². The van der Waals surface area contributed by atoms with Gasteiger partial charge in [0.15, 0.2) is 11.5 Å². The average Bonchev–Trinajstić information content (AvgIpc) is 3.06. The highest BCUT2D eigenvalue weighted by molar-refractivity contribution is 5.94. The van der Waals surface area contributed by atoms with Gasteiger partial charge < -0.3 is 24.8 Å². The molecular weight excluding hydrogens is 310 g/mol. The molecule has 0 bridgehead atoms. The van der Waals surface area contributed by atoms with Gasteiger partial charge in [-0.05, 0) is 24.6 Å². The van der Waals surface area contributed by atoms with E-state index in [0.717, 1.165) is 23.5 Å². The maximum atomic E-state index is 12.1. The molecule has 7 heteroatoms. The molecule has 1 aromatic carbocycles. The number of fused-ring (bicyclic) bond motifs is 1. The average molecular weight is 329 g/mol. The van der Waals surface area contributed by atoms with E-state index in [1.54, 1.807) is 19.4 Å². The third-order valence-electron chi connectivity index (χ3n) is 3.47. The number of rotatable bonds is 7. The van der Waals surface area contributed by atoms with Crippen molar-refractivity contribution in [3.05, 3.63) is 42.2 Å². The Labute approximate surface area is 139 Å². The van der Waals surface area contributed by atoms with Crippen molar-refractivity contribution in [2.45, 2.75) is 6.42 Å². The molecule has 3 rings (SSSR count). The summed E-state index contributed by atoms with van der Waals surface area (Å²) in [4.78, 5) is 16.2. The fourth-order valence-electron chi connectivity index (χ4n) is 2.29. The fraction of sp³-hybridized carbons (Fsp3) is 0.294. The molecule has 7 nitrogen and oxygen atoms in total. The monoisotopic (exact) mass is 329 g/mol. The fourth-order valence-corrected chi connectivity index (χ4v) is 2.29. The summed E-state index contributed by atoms with van der Waals surface area (Å²) in [5.74, 6) is 1.26. The van der Waals surface area contributed by atoms with Crippen LogP contribution in [0.3, 0.4) is 0 Å². The number of ether oxygens (including phenoxy) is 3. The molecule has 0 aliphatic carbocycles. The number of carbonyl (C=O) groups is 1. The van der Waals surface area contributed by atoms with Crippen molar-refractivity contribution >= 4 is 17.3 Å². The molecule has 0 atom stereocenters. The zero-order valence-corrected chi connectivity index (χ0v) is 13.4. The van der Waals surface area contributed by atoms with Gasteiger partial charge in [0.1, 0.15) is 0 Å². The minimum absolute atomic E-state index is 0.159. The molecule has 2 heterocycles. The molecule has 126 valence electrons. The van der Waals surface area contributed by atoms with Gasteiger partial charge in [0.05, 0.1) is 17.4 Å². The minimum atomic E-state index is -0.159. The summed E-state index contributed by atoms with van der Waals surface area (Å²) < 4.78 is 15.6. The molecule has 0 spiro atoms. The molecule has 1 aliphatic heterocycles. The molecule has 1 aromatic heterocycles. The molecule has 0 saturated heterocycles. The summed E-state index contributed by atoms with van der Waals surface area (Å²) in [6, 6.07) is 7.32. The third kappa shape index (κ3) is 3.94. The molecule has 2 aromatic rings. The van der Waals surface area contributed by atoms with E-state index in [4.69, 9.17) is 14.2 Å². The molecule has 0 unspecified atom stereocenters. The van der Waals surface area contributed by atoms with Gasteiger partial charge in [-0.3, -0.25) is 9.78 Å². The van der Waals surface area contributed by atoms with Crippen molar-refractivity contribution in [3.8, 4) is 11.5 Å². The lowest BCUT2D eigenvalue weighted by Gasteiger charge is -2.09. The number of methoxy groups -OCH3 is 1. The first-order valence-corrected chi connectivity index (χ1v) is 7.65. The highest BCUT2D eigenvalue weighted by atomic mass is 16.7. The maximum absolute atomic E-state index is 12.1. The Morgan fingerprint density at radius 2 is 2.08 bits per heavy atom. The maximum Gasteiger partial charge on any atom is 0.252 e. The Morgan fingerprint density at radius 1 is 1.21 bits per heavy atom. The van der Waals surface area contributed by atoms with E-state index in [1.807, 2.05) is 18.2 Å². The topological polar surface area (TPSA) is 81.7 Å². The lowest BCUT2D eigenvalue weighted by molar-refractivity contribution is 0.0948. The van der Waals surface area contributed by atoms with Crippen LogP contribution in [0.4, 0.5) is 11.4 Å². The zero-order valence-electron chi connectivity index (χ0n) is 13.4. The van der Waals surface area contributed by atoms with Crippen LogP contribution >= 0.6 is 0 Å². The SMILES string of the molecule is COCCCNC(=O)c1cncc(Nc2ccc3c(c2)OCO3)c1. The number of anilines is 2. The second-order valence-corrected chi connectivity index (χ2v) is 5.26. The Balaban J connectivity index is 1.63. The van der Waals surface area contributed by atoms with Crippen LogP contribution in [-0.4, -0.2) is 37.9 Å². The van der Waals surface area contributed by atoms with Gasteiger partial charge in [-0.2, -0.15) is 0 Å². The molecule has 24 heavy (non-hydrogen) atoms. The van der Waals surface area contributed by atoms with Crippen molar-refractivity contribution in [3.63, 3.8) is 0 Å². The number of nitrogens with one attached hydrogen (secondary N) is 2. The number of carbonyl (C=O) groups excluding carboxylic acids is 1. The minimum Gasteiger partial charge on any atom is -0.454 e. The molecule has 0 saturated carbocycles. The molecule has 2 N–H and O–H groups in total. The summed E-state index contributed by atoms with van der Waals surface area (Å²) in [6.45, 7) is 1.41. The number of hydrogen-bond donors (Lipinski definition) is 2. The van der Waals surface area contributed by atoms with Gasteiger partial charge in [0, 0.05) is 38.2 Å². The van der Waals surface area contributed by atoms with E-state index >= 15 is 0 Å². The number of nitrogens with zero attached hydrogens (tertiary/aromatic N) is 1. The Bertz CT molecular complexity index is 721. The van der Waals surface area contributed by atoms with Crippen LogP contribution in [0.1, 0.15) is 16.8 Å². The van der Waals surface area contributed by atoms with E-state index in [1.165, 1.54) is 6.20 Å². The summed E-state index contributed by atoms with van der Waals surface area (Å²) in [6.07, 6.45) is 3.97. The predicted molar refractivity (Wildman–Crippen MR) is 88.9 cm³/mol. The van der Waals surface area contributed by atoms with Crippen LogP contribution in [0.25, 0.3) is 0 Å². The number of benzene rings is 1. The van der Waals surface area contributed by atoms with Crippen LogP contribution in [0, 0.1) is 0 Å². The second-order valence-electron chi connectivity index (χ2n) is 5.26. The van der Waals surface area contributed by atoms with Gasteiger partial charge in [-0.1, -0.05) is 0 Å². The molecule has 0 fully saturated rings. The second kappa shape index (κ2) is 7.65. The quantitative estimate of drug-likeness (QED) is 0.759. The largest absolute Gasteiger partial charge is 0.454 e. The number of amides is 1. The molecular formula is C17H19N3O4. The van der Waals surface area contributed by atoms with Crippen LogP contribution < -0.4 is 20.1 Å². The third-order valence-corrected chi connectivity index (χ3v) is 3.47.